The predicted molar refractivity (Wildman–Crippen MR) is 104 cm³/mol. The molecule has 0 saturated carbocycles. The molecule has 29 heavy (non-hydrogen) atoms. The number of esters is 1. The standard InChI is InChI=1S/C20H23N3O5S/c1-13-8-9-17-16(10-18(28-17)20(24)27-2)23(13)29(25,26)15-11-21-19(22-12-15)14-6-4-3-5-7-14/h3-7,11-13,16-18H,8-10H2,1-2H3. The van der Waals surface area contributed by atoms with Crippen molar-refractivity contribution in [2.45, 2.75) is 55.4 Å². The molecule has 4 atom stereocenters. The van der Waals surface area contributed by atoms with Crippen LogP contribution in [0.5, 0.6) is 0 Å². The highest BCUT2D eigenvalue weighted by Crippen LogP contribution is 2.38. The summed E-state index contributed by atoms with van der Waals surface area (Å²) in [5, 5.41) is 0. The van der Waals surface area contributed by atoms with Crippen LogP contribution in [0.15, 0.2) is 47.6 Å². The summed E-state index contributed by atoms with van der Waals surface area (Å²) in [5.74, 6) is -0.0102. The van der Waals surface area contributed by atoms with Gasteiger partial charge in [0.25, 0.3) is 0 Å². The van der Waals surface area contributed by atoms with Gasteiger partial charge in [-0.15, -0.1) is 0 Å². The van der Waals surface area contributed by atoms with Gasteiger partial charge in [-0.05, 0) is 19.8 Å². The van der Waals surface area contributed by atoms with Crippen LogP contribution < -0.4 is 0 Å². The van der Waals surface area contributed by atoms with Gasteiger partial charge in [0, 0.05) is 18.0 Å². The predicted octanol–water partition coefficient (Wildman–Crippen LogP) is 2.02. The van der Waals surface area contributed by atoms with E-state index in [0.717, 1.165) is 5.56 Å². The highest BCUT2D eigenvalue weighted by atomic mass is 32.2. The van der Waals surface area contributed by atoms with Crippen LogP contribution >= 0.6 is 0 Å². The largest absolute Gasteiger partial charge is 0.467 e. The van der Waals surface area contributed by atoms with Gasteiger partial charge in [-0.3, -0.25) is 0 Å². The second-order valence-electron chi connectivity index (χ2n) is 7.36. The molecule has 8 nitrogen and oxygen atoms in total. The highest BCUT2D eigenvalue weighted by Gasteiger charge is 2.50. The van der Waals surface area contributed by atoms with E-state index in [1.54, 1.807) is 0 Å². The molecule has 0 N–H and O–H groups in total. The van der Waals surface area contributed by atoms with Crippen molar-refractivity contribution in [3.8, 4) is 11.4 Å². The first-order chi connectivity index (χ1) is 13.9. The van der Waals surface area contributed by atoms with E-state index >= 15 is 0 Å². The van der Waals surface area contributed by atoms with Crippen LogP contribution in [0, 0.1) is 0 Å². The molecule has 2 fully saturated rings. The van der Waals surface area contributed by atoms with Crippen molar-refractivity contribution in [3.63, 3.8) is 0 Å². The number of hydrogen-bond donors (Lipinski definition) is 0. The molecule has 0 amide bonds. The average Bonchev–Trinajstić information content (AvgIpc) is 3.17. The van der Waals surface area contributed by atoms with E-state index in [1.165, 1.54) is 23.8 Å². The summed E-state index contributed by atoms with van der Waals surface area (Å²) in [4.78, 5) is 20.4. The van der Waals surface area contributed by atoms with Crippen LogP contribution in [-0.4, -0.2) is 60.1 Å². The molecule has 1 aromatic carbocycles. The first-order valence-corrected chi connectivity index (χ1v) is 11.0. The fourth-order valence-corrected chi connectivity index (χ4v) is 5.89. The average molecular weight is 417 g/mol. The van der Waals surface area contributed by atoms with Crippen LogP contribution in [0.1, 0.15) is 26.2 Å². The number of sulfonamides is 1. The summed E-state index contributed by atoms with van der Waals surface area (Å²) in [6.45, 7) is 1.87. The third kappa shape index (κ3) is 3.65. The highest BCUT2D eigenvalue weighted by molar-refractivity contribution is 7.89. The third-order valence-electron chi connectivity index (χ3n) is 5.55. The van der Waals surface area contributed by atoms with Gasteiger partial charge in [-0.25, -0.2) is 23.2 Å². The lowest BCUT2D eigenvalue weighted by molar-refractivity contribution is -0.153. The summed E-state index contributed by atoms with van der Waals surface area (Å²) in [6, 6.07) is 8.74. The maximum Gasteiger partial charge on any atom is 0.335 e. The van der Waals surface area contributed by atoms with E-state index in [-0.39, 0.29) is 23.5 Å². The Bertz CT molecular complexity index is 981. The van der Waals surface area contributed by atoms with Crippen molar-refractivity contribution in [1.29, 1.82) is 0 Å². The first kappa shape index (κ1) is 19.9. The molecule has 1 aromatic heterocycles. The number of aromatic nitrogens is 2. The first-order valence-electron chi connectivity index (χ1n) is 9.56. The molecule has 154 valence electrons. The number of rotatable bonds is 4. The second-order valence-corrected chi connectivity index (χ2v) is 9.20. The number of carbonyl (C=O) groups is 1. The number of piperidine rings is 1. The van der Waals surface area contributed by atoms with Crippen molar-refractivity contribution in [3.05, 3.63) is 42.7 Å². The third-order valence-corrected chi connectivity index (χ3v) is 7.55. The van der Waals surface area contributed by atoms with Gasteiger partial charge in [-0.1, -0.05) is 30.3 Å². The maximum atomic E-state index is 13.4. The summed E-state index contributed by atoms with van der Waals surface area (Å²) >= 11 is 0. The van der Waals surface area contributed by atoms with E-state index in [1.807, 2.05) is 37.3 Å². The Balaban J connectivity index is 1.62. The number of benzene rings is 1. The Morgan fingerprint density at radius 2 is 1.86 bits per heavy atom. The number of methoxy groups -OCH3 is 1. The molecule has 3 heterocycles. The summed E-state index contributed by atoms with van der Waals surface area (Å²) in [5.41, 5.74) is 0.813. The van der Waals surface area contributed by atoms with Gasteiger partial charge < -0.3 is 9.47 Å². The Hall–Kier alpha value is -2.36. The van der Waals surface area contributed by atoms with Crippen LogP contribution in [0.4, 0.5) is 0 Å². The lowest BCUT2D eigenvalue weighted by Crippen LogP contribution is -2.53. The quantitative estimate of drug-likeness (QED) is 0.702. The van der Waals surface area contributed by atoms with E-state index < -0.39 is 28.1 Å². The number of nitrogens with zero attached hydrogens (tertiary/aromatic N) is 3. The van der Waals surface area contributed by atoms with Gasteiger partial charge in [0.15, 0.2) is 11.9 Å². The lowest BCUT2D eigenvalue weighted by atomic mass is 9.95. The van der Waals surface area contributed by atoms with Gasteiger partial charge in [0.05, 0.1) is 31.6 Å². The minimum atomic E-state index is -3.84. The number of fused-ring (bicyclic) bond motifs is 1. The minimum Gasteiger partial charge on any atom is -0.467 e. The maximum absolute atomic E-state index is 13.4. The summed E-state index contributed by atoms with van der Waals surface area (Å²) in [7, 11) is -2.54. The van der Waals surface area contributed by atoms with E-state index in [4.69, 9.17) is 9.47 Å². The van der Waals surface area contributed by atoms with Gasteiger partial charge in [0.2, 0.25) is 10.0 Å². The minimum absolute atomic E-state index is 0.0335. The normalized spacial score (nSPS) is 27.4. The SMILES string of the molecule is COC(=O)C1CC2C(CCC(C)N2S(=O)(=O)c2cnc(-c3ccccc3)nc2)O1. The van der Waals surface area contributed by atoms with Crippen molar-refractivity contribution in [1.82, 2.24) is 14.3 Å². The van der Waals surface area contributed by atoms with Gasteiger partial charge >= 0.3 is 5.97 Å². The van der Waals surface area contributed by atoms with E-state index in [2.05, 4.69) is 9.97 Å². The van der Waals surface area contributed by atoms with Crippen LogP contribution in [-0.2, 0) is 24.3 Å². The Morgan fingerprint density at radius 3 is 2.52 bits per heavy atom. The molecule has 4 unspecified atom stereocenters. The number of carbonyl (C=O) groups excluding carboxylic acids is 1. The van der Waals surface area contributed by atoms with Crippen molar-refractivity contribution >= 4 is 16.0 Å². The Morgan fingerprint density at radius 1 is 1.17 bits per heavy atom. The zero-order chi connectivity index (χ0) is 20.6. The molecule has 0 radical (unpaired) electrons. The number of hydrogen-bond acceptors (Lipinski definition) is 7. The molecule has 4 rings (SSSR count). The fourth-order valence-electron chi connectivity index (χ4n) is 4.12. The molecule has 2 aromatic rings. The van der Waals surface area contributed by atoms with Crippen LogP contribution in [0.2, 0.25) is 0 Å². The monoisotopic (exact) mass is 417 g/mol. The summed E-state index contributed by atoms with van der Waals surface area (Å²) < 4.78 is 38.8. The molecule has 0 aliphatic carbocycles. The Kier molecular flexibility index (Phi) is 5.37. The lowest BCUT2D eigenvalue weighted by Gasteiger charge is -2.40. The fraction of sp³-hybridized carbons (Fsp3) is 0.450. The zero-order valence-corrected chi connectivity index (χ0v) is 17.1. The molecule has 2 aliphatic heterocycles. The summed E-state index contributed by atoms with van der Waals surface area (Å²) in [6.07, 6.45) is 3.25. The van der Waals surface area contributed by atoms with Crippen LogP contribution in [0.25, 0.3) is 11.4 Å². The van der Waals surface area contributed by atoms with Crippen molar-refractivity contribution in [2.75, 3.05) is 7.11 Å². The van der Waals surface area contributed by atoms with Crippen molar-refractivity contribution in [2.24, 2.45) is 0 Å². The Labute approximate surface area is 169 Å². The molecule has 2 saturated heterocycles. The molecule has 2 aliphatic rings. The van der Waals surface area contributed by atoms with Crippen molar-refractivity contribution < 1.29 is 22.7 Å². The number of ether oxygens (including phenoxy) is 2. The van der Waals surface area contributed by atoms with Crippen LogP contribution in [0.3, 0.4) is 0 Å². The van der Waals surface area contributed by atoms with Gasteiger partial charge in [0.1, 0.15) is 4.90 Å². The molecule has 0 bridgehead atoms. The smallest absolute Gasteiger partial charge is 0.335 e. The van der Waals surface area contributed by atoms with Gasteiger partial charge in [-0.2, -0.15) is 4.31 Å². The van der Waals surface area contributed by atoms with E-state index in [0.29, 0.717) is 18.7 Å². The molecular weight excluding hydrogens is 394 g/mol. The molecular formula is C20H23N3O5S. The second kappa shape index (κ2) is 7.81. The zero-order valence-electron chi connectivity index (χ0n) is 16.3. The van der Waals surface area contributed by atoms with E-state index in [9.17, 15) is 13.2 Å². The molecule has 9 heteroatoms. The topological polar surface area (TPSA) is 98.7 Å². The molecule has 0 spiro atoms.